The summed E-state index contributed by atoms with van der Waals surface area (Å²) in [6, 6.07) is 0. The topological polar surface area (TPSA) is 61.7 Å². The van der Waals surface area contributed by atoms with E-state index in [9.17, 15) is 10.2 Å². The quantitative estimate of drug-likeness (QED) is 0.500. The normalized spacial score (nSPS) is 60.7. The molecular formula is C27H43NO3. The predicted octanol–water partition coefficient (Wildman–Crippen LogP) is 4.40. The molecule has 31 heavy (non-hydrogen) atoms. The van der Waals surface area contributed by atoms with Gasteiger partial charge in [0.15, 0.2) is 0 Å². The van der Waals surface area contributed by atoms with Crippen LogP contribution in [-0.4, -0.2) is 40.3 Å². The number of ether oxygens (including phenoxy) is 1. The summed E-state index contributed by atoms with van der Waals surface area (Å²) in [7, 11) is 0. The lowest BCUT2D eigenvalue weighted by Gasteiger charge is -2.63. The number of nitrogens with one attached hydrogen (secondary N) is 1. The molecule has 0 aromatic heterocycles. The van der Waals surface area contributed by atoms with Gasteiger partial charge in [-0.1, -0.05) is 39.3 Å². The van der Waals surface area contributed by atoms with E-state index in [2.05, 4.69) is 39.1 Å². The molecule has 0 radical (unpaired) electrons. The van der Waals surface area contributed by atoms with Crippen LogP contribution in [0.3, 0.4) is 0 Å². The van der Waals surface area contributed by atoms with Crippen molar-refractivity contribution >= 4 is 0 Å². The second kappa shape index (κ2) is 6.58. The number of fused-ring (bicyclic) bond motifs is 7. The highest BCUT2D eigenvalue weighted by Gasteiger charge is 2.71. The van der Waals surface area contributed by atoms with Crippen LogP contribution in [0, 0.1) is 40.4 Å². The fourth-order valence-corrected chi connectivity index (χ4v) is 9.78. The van der Waals surface area contributed by atoms with Gasteiger partial charge in [0.1, 0.15) is 5.72 Å². The smallest absolute Gasteiger partial charge is 0.122 e. The van der Waals surface area contributed by atoms with E-state index < -0.39 is 5.60 Å². The lowest BCUT2D eigenvalue weighted by atomic mass is 9.44. The van der Waals surface area contributed by atoms with E-state index in [1.54, 1.807) is 0 Å². The molecule has 174 valence electrons. The highest BCUT2D eigenvalue weighted by molar-refractivity contribution is 5.31. The van der Waals surface area contributed by atoms with Gasteiger partial charge in [-0.05, 0) is 86.9 Å². The van der Waals surface area contributed by atoms with Gasteiger partial charge in [0, 0.05) is 17.9 Å². The Labute approximate surface area is 188 Å². The standard InChI is InChI=1S/C27H43NO3/c1-16-7-10-27(28-15-16)17(2)23-22(31-27)14-21-20-6-5-18-13-19(29)8-9-25(18,4)26(20,30)12-11-24(21,23)3/h5,16-17,19-23,28-30H,6-15H2,1-4H3. The van der Waals surface area contributed by atoms with Crippen LogP contribution in [0.1, 0.15) is 85.5 Å². The van der Waals surface area contributed by atoms with Crippen molar-refractivity contribution in [3.05, 3.63) is 11.6 Å². The summed E-state index contributed by atoms with van der Waals surface area (Å²) in [5.74, 6) is 2.72. The maximum absolute atomic E-state index is 12.3. The van der Waals surface area contributed by atoms with Gasteiger partial charge in [-0.3, -0.25) is 5.32 Å². The number of hydrogen-bond acceptors (Lipinski definition) is 4. The highest BCUT2D eigenvalue weighted by atomic mass is 16.5. The van der Waals surface area contributed by atoms with Crippen LogP contribution in [0.5, 0.6) is 0 Å². The van der Waals surface area contributed by atoms with Crippen LogP contribution in [-0.2, 0) is 4.74 Å². The Bertz CT molecular complexity index is 787. The molecule has 2 heterocycles. The van der Waals surface area contributed by atoms with Gasteiger partial charge < -0.3 is 14.9 Å². The van der Waals surface area contributed by atoms with Gasteiger partial charge >= 0.3 is 0 Å². The van der Waals surface area contributed by atoms with Crippen molar-refractivity contribution in [3.63, 3.8) is 0 Å². The number of piperidine rings is 1. The Morgan fingerprint density at radius 2 is 1.87 bits per heavy atom. The Morgan fingerprint density at radius 1 is 1.06 bits per heavy atom. The van der Waals surface area contributed by atoms with Gasteiger partial charge in [-0.25, -0.2) is 0 Å². The molecule has 0 amide bonds. The average molecular weight is 430 g/mol. The van der Waals surface area contributed by atoms with Crippen LogP contribution < -0.4 is 5.32 Å². The highest BCUT2D eigenvalue weighted by Crippen LogP contribution is 2.71. The molecular weight excluding hydrogens is 386 g/mol. The van der Waals surface area contributed by atoms with E-state index >= 15 is 0 Å². The minimum atomic E-state index is -0.626. The van der Waals surface area contributed by atoms with Gasteiger partial charge in [0.25, 0.3) is 0 Å². The van der Waals surface area contributed by atoms with E-state index in [0.717, 1.165) is 63.8 Å². The predicted molar refractivity (Wildman–Crippen MR) is 121 cm³/mol. The fraction of sp³-hybridized carbons (Fsp3) is 0.926. The molecule has 3 N–H and O–H groups in total. The van der Waals surface area contributed by atoms with E-state index in [1.165, 1.54) is 12.0 Å². The molecule has 5 fully saturated rings. The van der Waals surface area contributed by atoms with Gasteiger partial charge in [-0.2, -0.15) is 0 Å². The molecule has 11 unspecified atom stereocenters. The van der Waals surface area contributed by atoms with Crippen molar-refractivity contribution in [3.8, 4) is 0 Å². The minimum absolute atomic E-state index is 0.116. The third-order valence-electron chi connectivity index (χ3n) is 11.7. The molecule has 0 aromatic carbocycles. The molecule has 1 spiro atoms. The number of aliphatic hydroxyl groups excluding tert-OH is 1. The van der Waals surface area contributed by atoms with Gasteiger partial charge in [-0.15, -0.1) is 0 Å². The lowest BCUT2D eigenvalue weighted by Crippen LogP contribution is -2.63. The molecule has 3 saturated carbocycles. The first-order chi connectivity index (χ1) is 14.6. The third-order valence-corrected chi connectivity index (χ3v) is 11.7. The Morgan fingerprint density at radius 3 is 2.61 bits per heavy atom. The van der Waals surface area contributed by atoms with Crippen LogP contribution in [0.4, 0.5) is 0 Å². The van der Waals surface area contributed by atoms with E-state index in [4.69, 9.17) is 4.74 Å². The summed E-state index contributed by atoms with van der Waals surface area (Å²) in [5, 5.41) is 26.4. The molecule has 11 atom stereocenters. The Hall–Kier alpha value is -0.420. The summed E-state index contributed by atoms with van der Waals surface area (Å²) in [6.45, 7) is 10.7. The van der Waals surface area contributed by atoms with Crippen LogP contribution in [0.25, 0.3) is 0 Å². The number of rotatable bonds is 0. The second-order valence-corrected chi connectivity index (χ2v) is 13.0. The maximum atomic E-state index is 12.3. The molecule has 4 heteroatoms. The molecule has 2 saturated heterocycles. The fourth-order valence-electron chi connectivity index (χ4n) is 9.78. The first kappa shape index (κ1) is 21.1. The van der Waals surface area contributed by atoms with Gasteiger partial charge in [0.2, 0.25) is 0 Å². The van der Waals surface area contributed by atoms with E-state index in [-0.39, 0.29) is 22.7 Å². The first-order valence-corrected chi connectivity index (χ1v) is 13.2. The average Bonchev–Trinajstić information content (AvgIpc) is 3.17. The van der Waals surface area contributed by atoms with Crippen molar-refractivity contribution in [2.24, 2.45) is 40.4 Å². The molecule has 0 aromatic rings. The number of allylic oxidation sites excluding steroid dienone is 1. The molecule has 4 aliphatic carbocycles. The van der Waals surface area contributed by atoms with Crippen LogP contribution in [0.15, 0.2) is 11.6 Å². The van der Waals surface area contributed by atoms with Crippen LogP contribution >= 0.6 is 0 Å². The summed E-state index contributed by atoms with van der Waals surface area (Å²) >= 11 is 0. The van der Waals surface area contributed by atoms with E-state index in [1.807, 2.05) is 0 Å². The van der Waals surface area contributed by atoms with Gasteiger partial charge in [0.05, 0.1) is 17.8 Å². The summed E-state index contributed by atoms with van der Waals surface area (Å²) in [6.07, 6.45) is 11.5. The monoisotopic (exact) mass is 429 g/mol. The lowest BCUT2D eigenvalue weighted by molar-refractivity contribution is -0.193. The SMILES string of the molecule is CC1CCC2(NC1)OC1CC3C4CC=C5CC(O)CCC5(C)C4(O)CCC3(C)C1C2C. The van der Waals surface area contributed by atoms with Crippen molar-refractivity contribution in [1.29, 1.82) is 0 Å². The zero-order chi connectivity index (χ0) is 21.8. The summed E-state index contributed by atoms with van der Waals surface area (Å²) in [5.41, 5.74) is 0.679. The largest absolute Gasteiger partial charge is 0.393 e. The second-order valence-electron chi connectivity index (χ2n) is 13.0. The molecule has 2 aliphatic heterocycles. The van der Waals surface area contributed by atoms with Crippen LogP contribution in [0.2, 0.25) is 0 Å². The molecule has 6 aliphatic rings. The first-order valence-electron chi connectivity index (χ1n) is 13.2. The Balaban J connectivity index is 1.31. The zero-order valence-electron chi connectivity index (χ0n) is 20.0. The van der Waals surface area contributed by atoms with Crippen molar-refractivity contribution in [2.45, 2.75) is 109 Å². The van der Waals surface area contributed by atoms with Crippen molar-refractivity contribution in [2.75, 3.05) is 6.54 Å². The third kappa shape index (κ3) is 2.57. The summed E-state index contributed by atoms with van der Waals surface area (Å²) in [4.78, 5) is 0. The zero-order valence-corrected chi connectivity index (χ0v) is 20.0. The summed E-state index contributed by atoms with van der Waals surface area (Å²) < 4.78 is 6.95. The molecule has 4 nitrogen and oxygen atoms in total. The number of hydrogen-bond donors (Lipinski definition) is 3. The van der Waals surface area contributed by atoms with E-state index in [0.29, 0.717) is 29.8 Å². The number of aliphatic hydroxyl groups is 2. The maximum Gasteiger partial charge on any atom is 0.122 e. The minimum Gasteiger partial charge on any atom is -0.393 e. The van der Waals surface area contributed by atoms with Crippen molar-refractivity contribution < 1.29 is 14.9 Å². The molecule has 0 bridgehead atoms. The Kier molecular flexibility index (Phi) is 4.49. The van der Waals surface area contributed by atoms with Crippen molar-refractivity contribution in [1.82, 2.24) is 5.32 Å². The molecule has 6 rings (SSSR count).